The Labute approximate surface area is 191 Å². The van der Waals surface area contributed by atoms with Gasteiger partial charge < -0.3 is 4.57 Å². The molecule has 1 saturated carbocycles. The summed E-state index contributed by atoms with van der Waals surface area (Å²) in [5.41, 5.74) is 4.98. The van der Waals surface area contributed by atoms with E-state index in [0.29, 0.717) is 30.3 Å². The van der Waals surface area contributed by atoms with Crippen LogP contribution in [-0.2, 0) is 32.6 Å². The molecule has 0 amide bonds. The Kier molecular flexibility index (Phi) is 8.46. The molecule has 32 heavy (non-hydrogen) atoms. The molecular formula is C25H34N2O4S. The lowest BCUT2D eigenvalue weighted by Gasteiger charge is -2.18. The highest BCUT2D eigenvalue weighted by atomic mass is 32.2. The molecule has 2 heterocycles. The summed E-state index contributed by atoms with van der Waals surface area (Å²) >= 11 is 0. The Bertz CT molecular complexity index is 1040. The van der Waals surface area contributed by atoms with Crippen LogP contribution in [0.1, 0.15) is 80.3 Å². The molecule has 1 aromatic carbocycles. The molecular weight excluding hydrogens is 424 g/mol. The van der Waals surface area contributed by atoms with Crippen LogP contribution >= 0.6 is 0 Å². The van der Waals surface area contributed by atoms with Crippen molar-refractivity contribution in [2.45, 2.75) is 82.6 Å². The molecule has 1 aliphatic carbocycles. The molecule has 4 rings (SSSR count). The van der Waals surface area contributed by atoms with E-state index in [-0.39, 0.29) is 6.15 Å². The second-order valence-electron chi connectivity index (χ2n) is 8.79. The zero-order valence-electron chi connectivity index (χ0n) is 19.2. The Balaban J connectivity index is 0.000000913. The molecule has 0 bridgehead atoms. The predicted octanol–water partition coefficient (Wildman–Crippen LogP) is 4.66. The van der Waals surface area contributed by atoms with E-state index in [1.165, 1.54) is 42.6 Å². The quantitative estimate of drug-likeness (QED) is 0.605. The maximum Gasteiger partial charge on any atom is 0.373 e. The smallest absolute Gasteiger partial charge is 0.348 e. The highest BCUT2D eigenvalue weighted by molar-refractivity contribution is 7.89. The van der Waals surface area contributed by atoms with Crippen molar-refractivity contribution >= 4 is 16.2 Å². The number of nitrogens with zero attached hydrogens (tertiary/aromatic N) is 2. The third-order valence-electron chi connectivity index (χ3n) is 6.76. The van der Waals surface area contributed by atoms with Gasteiger partial charge in [-0.1, -0.05) is 38.0 Å². The molecule has 0 atom stereocenters. The van der Waals surface area contributed by atoms with Crippen LogP contribution in [-0.4, -0.2) is 36.5 Å². The molecule has 1 aromatic heterocycles. The maximum absolute atomic E-state index is 13.2. The third kappa shape index (κ3) is 5.22. The number of aromatic nitrogens is 1. The van der Waals surface area contributed by atoms with Crippen molar-refractivity contribution in [3.8, 4) is 0 Å². The van der Waals surface area contributed by atoms with E-state index in [9.17, 15) is 8.42 Å². The number of benzene rings is 1. The Morgan fingerprint density at radius 2 is 1.62 bits per heavy atom. The van der Waals surface area contributed by atoms with Crippen LogP contribution in [0.2, 0.25) is 0 Å². The second kappa shape index (κ2) is 11.1. The van der Waals surface area contributed by atoms with Crippen molar-refractivity contribution in [3.63, 3.8) is 0 Å². The van der Waals surface area contributed by atoms with Gasteiger partial charge in [0.1, 0.15) is 0 Å². The van der Waals surface area contributed by atoms with Gasteiger partial charge in [-0.05, 0) is 68.2 Å². The van der Waals surface area contributed by atoms with Crippen molar-refractivity contribution in [1.29, 1.82) is 0 Å². The Morgan fingerprint density at radius 1 is 1.00 bits per heavy atom. The minimum absolute atomic E-state index is 0.250. The van der Waals surface area contributed by atoms with Gasteiger partial charge in [-0.3, -0.25) is 0 Å². The van der Waals surface area contributed by atoms with Crippen molar-refractivity contribution in [1.82, 2.24) is 8.87 Å². The third-order valence-corrected chi connectivity index (χ3v) is 8.76. The molecule has 0 radical (unpaired) electrons. The number of sulfonamides is 1. The zero-order chi connectivity index (χ0) is 23.1. The number of rotatable bonds is 7. The Morgan fingerprint density at radius 3 is 2.25 bits per heavy atom. The second-order valence-corrected chi connectivity index (χ2v) is 10.7. The summed E-state index contributed by atoms with van der Waals surface area (Å²) in [5, 5.41) is 0. The summed E-state index contributed by atoms with van der Waals surface area (Å²) in [6, 6.07) is 9.98. The van der Waals surface area contributed by atoms with Gasteiger partial charge in [0, 0.05) is 37.4 Å². The molecule has 2 aliphatic rings. The van der Waals surface area contributed by atoms with Gasteiger partial charge in [-0.15, -0.1) is 0 Å². The first-order valence-corrected chi connectivity index (χ1v) is 13.1. The van der Waals surface area contributed by atoms with Crippen LogP contribution in [0, 0.1) is 6.92 Å². The normalized spacial score (nSPS) is 17.2. The molecule has 1 aliphatic heterocycles. The van der Waals surface area contributed by atoms with Crippen molar-refractivity contribution in [2.24, 2.45) is 0 Å². The number of carbonyl (C=O) groups excluding carboxylic acids is 2. The fraction of sp³-hybridized carbons (Fsp3) is 0.560. The van der Waals surface area contributed by atoms with Crippen molar-refractivity contribution < 1.29 is 18.0 Å². The van der Waals surface area contributed by atoms with E-state index >= 15 is 0 Å². The first-order valence-electron chi connectivity index (χ1n) is 11.7. The molecule has 0 N–H and O–H groups in total. The van der Waals surface area contributed by atoms with Crippen LogP contribution < -0.4 is 0 Å². The monoisotopic (exact) mass is 458 g/mol. The summed E-state index contributed by atoms with van der Waals surface area (Å²) in [4.78, 5) is 16.7. The van der Waals surface area contributed by atoms with Gasteiger partial charge in [0.05, 0.1) is 4.90 Å². The minimum atomic E-state index is -3.40. The van der Waals surface area contributed by atoms with Crippen LogP contribution in [0.5, 0.6) is 0 Å². The summed E-state index contributed by atoms with van der Waals surface area (Å²) in [6.07, 6.45) is 9.20. The van der Waals surface area contributed by atoms with Crippen LogP contribution in [0.25, 0.3) is 0 Å². The molecule has 2 fully saturated rings. The molecule has 7 heteroatoms. The minimum Gasteiger partial charge on any atom is -0.348 e. The van der Waals surface area contributed by atoms with E-state index < -0.39 is 10.0 Å². The van der Waals surface area contributed by atoms with Gasteiger partial charge >= 0.3 is 6.15 Å². The average Bonchev–Trinajstić information content (AvgIpc) is 3.54. The highest BCUT2D eigenvalue weighted by Gasteiger charge is 2.29. The highest BCUT2D eigenvalue weighted by Crippen LogP contribution is 2.37. The van der Waals surface area contributed by atoms with E-state index in [0.717, 1.165) is 31.4 Å². The average molecular weight is 459 g/mol. The first-order chi connectivity index (χ1) is 15.4. The lowest BCUT2D eigenvalue weighted by atomic mass is 10.0. The molecule has 1 saturated heterocycles. The van der Waals surface area contributed by atoms with Gasteiger partial charge in [0.2, 0.25) is 10.0 Å². The molecule has 0 spiro atoms. The lowest BCUT2D eigenvalue weighted by molar-refractivity contribution is -0.191. The largest absolute Gasteiger partial charge is 0.373 e. The van der Waals surface area contributed by atoms with Crippen molar-refractivity contribution in [3.05, 3.63) is 52.8 Å². The summed E-state index contributed by atoms with van der Waals surface area (Å²) in [7, 11) is -3.40. The van der Waals surface area contributed by atoms with Gasteiger partial charge in [-0.2, -0.15) is 13.9 Å². The van der Waals surface area contributed by atoms with E-state index in [1.54, 1.807) is 10.4 Å². The van der Waals surface area contributed by atoms with Gasteiger partial charge in [-0.25, -0.2) is 8.42 Å². The Hall–Kier alpha value is -2.21. The molecule has 6 nitrogen and oxygen atoms in total. The standard InChI is InChI=1S/C24H34N2O2S.CO2/c1-3-14-26-19(2)22(18-23(26)20-10-4-5-11-20)17-21-12-6-7-13-24(21)29(27,28)25-15-8-9-16-25;2-1-3/h6-7,12-13,18,20H,3-5,8-11,14-17H2,1-2H3;. The SMILES string of the molecule is CCCn1c(C2CCCC2)cc(Cc2ccccc2S(=O)(=O)N2CCCC2)c1C.O=C=O. The zero-order valence-corrected chi connectivity index (χ0v) is 20.0. The molecule has 174 valence electrons. The summed E-state index contributed by atoms with van der Waals surface area (Å²) in [5.74, 6) is 0.664. The van der Waals surface area contributed by atoms with Crippen molar-refractivity contribution in [2.75, 3.05) is 13.1 Å². The van der Waals surface area contributed by atoms with E-state index in [1.807, 2.05) is 18.2 Å². The number of hydrogen-bond donors (Lipinski definition) is 0. The fourth-order valence-electron chi connectivity index (χ4n) is 5.16. The summed E-state index contributed by atoms with van der Waals surface area (Å²) < 4.78 is 30.6. The van der Waals surface area contributed by atoms with Crippen LogP contribution in [0.15, 0.2) is 35.2 Å². The van der Waals surface area contributed by atoms with Crippen LogP contribution in [0.4, 0.5) is 0 Å². The topological polar surface area (TPSA) is 76.5 Å². The maximum atomic E-state index is 13.2. The number of hydrogen-bond acceptors (Lipinski definition) is 4. The first kappa shape index (κ1) is 24.4. The predicted molar refractivity (Wildman–Crippen MR) is 123 cm³/mol. The van der Waals surface area contributed by atoms with Crippen LogP contribution in [0.3, 0.4) is 0 Å². The van der Waals surface area contributed by atoms with Gasteiger partial charge in [0.15, 0.2) is 0 Å². The van der Waals surface area contributed by atoms with E-state index in [4.69, 9.17) is 9.59 Å². The summed E-state index contributed by atoms with van der Waals surface area (Å²) in [6.45, 7) is 6.78. The molecule has 2 aromatic rings. The molecule has 0 unspecified atom stereocenters. The fourth-order valence-corrected chi connectivity index (χ4v) is 6.90. The van der Waals surface area contributed by atoms with Gasteiger partial charge in [0.25, 0.3) is 0 Å². The van der Waals surface area contributed by atoms with E-state index in [2.05, 4.69) is 24.5 Å². The lowest BCUT2D eigenvalue weighted by Crippen LogP contribution is -2.28.